The van der Waals surface area contributed by atoms with E-state index in [1.165, 1.54) is 7.11 Å². The number of ether oxygens (including phenoxy) is 2. The van der Waals surface area contributed by atoms with Crippen molar-refractivity contribution >= 4 is 12.2 Å². The van der Waals surface area contributed by atoms with Crippen LogP contribution in [0.5, 0.6) is 11.5 Å². The molecule has 0 aliphatic heterocycles. The molecule has 5 nitrogen and oxygen atoms in total. The number of nitrogens with one attached hydrogen (secondary N) is 1. The first kappa shape index (κ1) is 16.0. The van der Waals surface area contributed by atoms with Crippen molar-refractivity contribution in [2.45, 2.75) is 26.9 Å². The Morgan fingerprint density at radius 1 is 1.30 bits per heavy atom. The zero-order valence-electron chi connectivity index (χ0n) is 12.3. The molecule has 0 aliphatic carbocycles. The predicted molar refractivity (Wildman–Crippen MR) is 76.3 cm³/mol. The molecule has 1 aromatic rings. The van der Waals surface area contributed by atoms with Crippen LogP contribution in [0, 0.1) is 5.92 Å². The van der Waals surface area contributed by atoms with Gasteiger partial charge >= 0.3 is 0 Å². The summed E-state index contributed by atoms with van der Waals surface area (Å²) in [4.78, 5) is 22.6. The van der Waals surface area contributed by atoms with Crippen molar-refractivity contribution in [2.24, 2.45) is 5.92 Å². The van der Waals surface area contributed by atoms with Crippen LogP contribution in [0.25, 0.3) is 0 Å². The minimum absolute atomic E-state index is 0.197. The predicted octanol–water partition coefficient (Wildman–Crippen LogP) is 2.05. The first-order valence-electron chi connectivity index (χ1n) is 6.55. The van der Waals surface area contributed by atoms with Gasteiger partial charge in [-0.05, 0) is 31.0 Å². The van der Waals surface area contributed by atoms with Gasteiger partial charge in [0.2, 0.25) is 0 Å². The Bertz CT molecular complexity index is 471. The number of aldehydes is 1. The fourth-order valence-electron chi connectivity index (χ4n) is 1.55. The monoisotopic (exact) mass is 279 g/mol. The lowest BCUT2D eigenvalue weighted by Gasteiger charge is -2.17. The fraction of sp³-hybridized carbons (Fsp3) is 0.467. The van der Waals surface area contributed by atoms with Gasteiger partial charge in [0, 0.05) is 12.1 Å². The van der Waals surface area contributed by atoms with Crippen LogP contribution < -0.4 is 14.8 Å². The molecule has 0 heterocycles. The Labute approximate surface area is 119 Å². The number of methoxy groups -OCH3 is 1. The lowest BCUT2D eigenvalue weighted by Crippen LogP contribution is -2.38. The van der Waals surface area contributed by atoms with E-state index in [9.17, 15) is 9.59 Å². The van der Waals surface area contributed by atoms with Gasteiger partial charge in [0.25, 0.3) is 5.91 Å². The smallest absolute Gasteiger partial charge is 0.260 e. The van der Waals surface area contributed by atoms with Crippen molar-refractivity contribution in [3.8, 4) is 11.5 Å². The van der Waals surface area contributed by atoms with E-state index in [1.807, 2.05) is 13.8 Å². The van der Waals surface area contributed by atoms with Crippen molar-refractivity contribution in [1.29, 1.82) is 0 Å². The summed E-state index contributed by atoms with van der Waals surface area (Å²) in [6.07, 6.45) is 0.0556. The molecule has 1 N–H and O–H groups in total. The van der Waals surface area contributed by atoms with E-state index in [1.54, 1.807) is 25.1 Å². The molecule has 1 rings (SSSR count). The Balaban J connectivity index is 2.75. The molecule has 0 spiro atoms. The fourth-order valence-corrected chi connectivity index (χ4v) is 1.55. The number of amides is 1. The van der Waals surface area contributed by atoms with E-state index in [0.717, 1.165) is 6.29 Å². The van der Waals surface area contributed by atoms with Crippen molar-refractivity contribution in [1.82, 2.24) is 5.32 Å². The van der Waals surface area contributed by atoms with E-state index in [4.69, 9.17) is 9.47 Å². The van der Waals surface area contributed by atoms with Gasteiger partial charge in [0.15, 0.2) is 17.6 Å². The molecule has 20 heavy (non-hydrogen) atoms. The van der Waals surface area contributed by atoms with Crippen molar-refractivity contribution in [3.63, 3.8) is 0 Å². The zero-order valence-corrected chi connectivity index (χ0v) is 12.3. The molecule has 0 fully saturated rings. The molecule has 1 amide bonds. The molecule has 110 valence electrons. The Morgan fingerprint density at radius 3 is 2.55 bits per heavy atom. The summed E-state index contributed by atoms with van der Waals surface area (Å²) in [6.45, 7) is 6.28. The molecule has 0 saturated carbocycles. The maximum atomic E-state index is 11.9. The van der Waals surface area contributed by atoms with E-state index in [-0.39, 0.29) is 5.91 Å². The lowest BCUT2D eigenvalue weighted by atomic mass is 10.2. The van der Waals surface area contributed by atoms with Crippen molar-refractivity contribution < 1.29 is 19.1 Å². The molecule has 1 aromatic carbocycles. The van der Waals surface area contributed by atoms with Crippen molar-refractivity contribution in [3.05, 3.63) is 23.8 Å². The standard InChI is InChI=1S/C15H21NO4/c1-10(2)8-16-15(18)11(3)20-14-7-12(9-17)5-6-13(14)19-4/h5-7,9-11H,8H2,1-4H3,(H,16,18). The van der Waals surface area contributed by atoms with E-state index < -0.39 is 6.10 Å². The number of carbonyl (C=O) groups excluding carboxylic acids is 2. The third kappa shape index (κ3) is 4.57. The maximum Gasteiger partial charge on any atom is 0.260 e. The number of hydrogen-bond donors (Lipinski definition) is 1. The summed E-state index contributed by atoms with van der Waals surface area (Å²) < 4.78 is 10.7. The van der Waals surface area contributed by atoms with Crippen LogP contribution in [0.4, 0.5) is 0 Å². The molecular formula is C15H21NO4. The van der Waals surface area contributed by atoms with Gasteiger partial charge < -0.3 is 14.8 Å². The number of rotatable bonds is 7. The highest BCUT2D eigenvalue weighted by molar-refractivity contribution is 5.81. The quantitative estimate of drug-likeness (QED) is 0.776. The summed E-state index contributed by atoms with van der Waals surface area (Å²) >= 11 is 0. The molecule has 0 aliphatic rings. The number of hydrogen-bond acceptors (Lipinski definition) is 4. The Hall–Kier alpha value is -2.04. The Kier molecular flexibility index (Phi) is 6.03. The highest BCUT2D eigenvalue weighted by atomic mass is 16.5. The number of benzene rings is 1. The van der Waals surface area contributed by atoms with Gasteiger partial charge in [-0.3, -0.25) is 9.59 Å². The highest BCUT2D eigenvalue weighted by Crippen LogP contribution is 2.28. The summed E-state index contributed by atoms with van der Waals surface area (Å²) in [5, 5.41) is 2.79. The third-order valence-electron chi connectivity index (χ3n) is 2.68. The van der Waals surface area contributed by atoms with Crippen LogP contribution in [0.2, 0.25) is 0 Å². The highest BCUT2D eigenvalue weighted by Gasteiger charge is 2.17. The van der Waals surface area contributed by atoms with E-state index in [0.29, 0.717) is 29.5 Å². The van der Waals surface area contributed by atoms with Gasteiger partial charge in [-0.25, -0.2) is 0 Å². The van der Waals surface area contributed by atoms with Crippen LogP contribution in [0.3, 0.4) is 0 Å². The summed E-state index contributed by atoms with van der Waals surface area (Å²) in [5.41, 5.74) is 0.468. The Morgan fingerprint density at radius 2 is 2.00 bits per heavy atom. The summed E-state index contributed by atoms with van der Waals surface area (Å²) in [5.74, 6) is 1.04. The normalized spacial score (nSPS) is 11.8. The second-order valence-electron chi connectivity index (χ2n) is 4.93. The van der Waals surface area contributed by atoms with Gasteiger partial charge in [-0.15, -0.1) is 0 Å². The molecule has 0 aromatic heterocycles. The van der Waals surface area contributed by atoms with E-state index in [2.05, 4.69) is 5.32 Å². The molecule has 0 radical (unpaired) electrons. The minimum Gasteiger partial charge on any atom is -0.493 e. The van der Waals surface area contributed by atoms with Gasteiger partial charge in [0.05, 0.1) is 7.11 Å². The summed E-state index contributed by atoms with van der Waals surface area (Å²) in [7, 11) is 1.51. The van der Waals surface area contributed by atoms with Crippen LogP contribution in [0.15, 0.2) is 18.2 Å². The van der Waals surface area contributed by atoms with Crippen LogP contribution >= 0.6 is 0 Å². The van der Waals surface area contributed by atoms with Gasteiger partial charge in [-0.2, -0.15) is 0 Å². The van der Waals surface area contributed by atoms with Gasteiger partial charge in [-0.1, -0.05) is 13.8 Å². The number of carbonyl (C=O) groups is 2. The van der Waals surface area contributed by atoms with Crippen molar-refractivity contribution in [2.75, 3.05) is 13.7 Å². The van der Waals surface area contributed by atoms with Crippen LogP contribution in [0.1, 0.15) is 31.1 Å². The third-order valence-corrected chi connectivity index (χ3v) is 2.68. The molecule has 1 unspecified atom stereocenters. The first-order chi connectivity index (χ1) is 9.47. The molecule has 5 heteroatoms. The largest absolute Gasteiger partial charge is 0.493 e. The second kappa shape index (κ2) is 7.53. The summed E-state index contributed by atoms with van der Waals surface area (Å²) in [6, 6.07) is 4.82. The van der Waals surface area contributed by atoms with E-state index >= 15 is 0 Å². The lowest BCUT2D eigenvalue weighted by molar-refractivity contribution is -0.127. The molecule has 0 bridgehead atoms. The average molecular weight is 279 g/mol. The molecule has 1 atom stereocenters. The van der Waals surface area contributed by atoms with Crippen LogP contribution in [-0.4, -0.2) is 32.0 Å². The topological polar surface area (TPSA) is 64.6 Å². The zero-order chi connectivity index (χ0) is 15.1. The minimum atomic E-state index is -0.662. The molecule has 0 saturated heterocycles. The molecular weight excluding hydrogens is 258 g/mol. The van der Waals surface area contributed by atoms with Crippen LogP contribution in [-0.2, 0) is 4.79 Å². The van der Waals surface area contributed by atoms with Gasteiger partial charge in [0.1, 0.15) is 6.29 Å². The maximum absolute atomic E-state index is 11.9. The first-order valence-corrected chi connectivity index (χ1v) is 6.55. The average Bonchev–Trinajstić information content (AvgIpc) is 2.44. The SMILES string of the molecule is COc1ccc(C=O)cc1OC(C)C(=O)NCC(C)C. The second-order valence-corrected chi connectivity index (χ2v) is 4.93.